The highest BCUT2D eigenvalue weighted by Gasteiger charge is 2.06. The van der Waals surface area contributed by atoms with Crippen LogP contribution in [0.3, 0.4) is 0 Å². The molecule has 0 atom stereocenters. The Labute approximate surface area is 116 Å². The number of hydrogen-bond donors (Lipinski definition) is 1. The van der Waals surface area contributed by atoms with Crippen LogP contribution in [-0.4, -0.2) is 16.5 Å². The minimum Gasteiger partial charge on any atom is -0.494 e. The van der Waals surface area contributed by atoms with Crippen LogP contribution in [0.25, 0.3) is 0 Å². The summed E-state index contributed by atoms with van der Waals surface area (Å²) in [4.78, 5) is 14.1. The van der Waals surface area contributed by atoms with Crippen LogP contribution in [0.1, 0.15) is 12.5 Å². The lowest BCUT2D eigenvalue weighted by Gasteiger charge is -2.11. The number of anilines is 1. The lowest BCUT2D eigenvalue weighted by Crippen LogP contribution is -2.04. The van der Waals surface area contributed by atoms with Gasteiger partial charge >= 0.3 is 0 Å². The molecule has 0 unspecified atom stereocenters. The summed E-state index contributed by atoms with van der Waals surface area (Å²) in [6, 6.07) is 10.7. The fourth-order valence-electron chi connectivity index (χ4n) is 1.73. The molecular formula is C14H15N3O3. The van der Waals surface area contributed by atoms with E-state index in [9.17, 15) is 10.1 Å². The number of pyridine rings is 1. The van der Waals surface area contributed by atoms with Crippen molar-refractivity contribution < 1.29 is 9.66 Å². The first-order valence-electron chi connectivity index (χ1n) is 6.25. The van der Waals surface area contributed by atoms with Crippen molar-refractivity contribution in [3.05, 3.63) is 58.3 Å². The summed E-state index contributed by atoms with van der Waals surface area (Å²) in [5.74, 6) is 1.41. The van der Waals surface area contributed by atoms with Gasteiger partial charge in [-0.3, -0.25) is 10.1 Å². The molecule has 2 rings (SSSR count). The molecule has 1 aromatic carbocycles. The van der Waals surface area contributed by atoms with Gasteiger partial charge in [-0.2, -0.15) is 0 Å². The van der Waals surface area contributed by atoms with Gasteiger partial charge in [-0.25, -0.2) is 4.98 Å². The molecule has 6 nitrogen and oxygen atoms in total. The molecule has 0 radical (unpaired) electrons. The number of para-hydroxylation sites is 1. The molecule has 104 valence electrons. The Morgan fingerprint density at radius 1 is 1.30 bits per heavy atom. The van der Waals surface area contributed by atoms with E-state index < -0.39 is 4.92 Å². The van der Waals surface area contributed by atoms with E-state index in [1.807, 2.05) is 31.2 Å². The van der Waals surface area contributed by atoms with Crippen molar-refractivity contribution in [2.45, 2.75) is 13.5 Å². The van der Waals surface area contributed by atoms with Gasteiger partial charge in [-0.15, -0.1) is 0 Å². The highest BCUT2D eigenvalue weighted by atomic mass is 16.6. The molecule has 2 aromatic rings. The number of ether oxygens (including phenoxy) is 1. The molecule has 0 saturated carbocycles. The first-order chi connectivity index (χ1) is 9.70. The van der Waals surface area contributed by atoms with Crippen molar-refractivity contribution in [1.82, 2.24) is 4.98 Å². The quantitative estimate of drug-likeness (QED) is 0.646. The summed E-state index contributed by atoms with van der Waals surface area (Å²) in [5, 5.41) is 13.6. The maximum atomic E-state index is 10.5. The minimum atomic E-state index is -0.471. The summed E-state index contributed by atoms with van der Waals surface area (Å²) in [6.45, 7) is 3.08. The number of nitrogens with zero attached hydrogens (tertiary/aromatic N) is 2. The number of benzene rings is 1. The van der Waals surface area contributed by atoms with Gasteiger partial charge in [0, 0.05) is 18.2 Å². The van der Waals surface area contributed by atoms with Crippen LogP contribution in [0.2, 0.25) is 0 Å². The lowest BCUT2D eigenvalue weighted by atomic mass is 10.2. The Balaban J connectivity index is 2.03. The van der Waals surface area contributed by atoms with E-state index in [2.05, 4.69) is 10.3 Å². The van der Waals surface area contributed by atoms with Gasteiger partial charge in [0.1, 0.15) is 17.8 Å². The normalized spacial score (nSPS) is 10.1. The van der Waals surface area contributed by atoms with Crippen LogP contribution in [0.15, 0.2) is 42.6 Å². The van der Waals surface area contributed by atoms with E-state index in [4.69, 9.17) is 4.74 Å². The molecular weight excluding hydrogens is 258 g/mol. The van der Waals surface area contributed by atoms with Crippen LogP contribution in [-0.2, 0) is 6.54 Å². The van der Waals surface area contributed by atoms with E-state index in [0.717, 1.165) is 11.3 Å². The SMILES string of the molecule is CCOc1ccccc1CNc1ccc([N+](=O)[O-])cn1. The van der Waals surface area contributed by atoms with Crippen molar-refractivity contribution >= 4 is 11.5 Å². The molecule has 0 amide bonds. The molecule has 0 spiro atoms. The number of rotatable bonds is 6. The van der Waals surface area contributed by atoms with Crippen molar-refractivity contribution in [3.63, 3.8) is 0 Å². The number of aromatic nitrogens is 1. The Morgan fingerprint density at radius 3 is 2.75 bits per heavy atom. The van der Waals surface area contributed by atoms with Gasteiger partial charge in [-0.1, -0.05) is 18.2 Å². The monoisotopic (exact) mass is 273 g/mol. The molecule has 1 N–H and O–H groups in total. The second kappa shape index (κ2) is 6.51. The van der Waals surface area contributed by atoms with Gasteiger partial charge < -0.3 is 10.1 Å². The van der Waals surface area contributed by atoms with Crippen LogP contribution >= 0.6 is 0 Å². The van der Waals surface area contributed by atoms with E-state index in [-0.39, 0.29) is 5.69 Å². The summed E-state index contributed by atoms with van der Waals surface area (Å²) in [6.07, 6.45) is 1.23. The van der Waals surface area contributed by atoms with Gasteiger partial charge in [0.2, 0.25) is 0 Å². The molecule has 20 heavy (non-hydrogen) atoms. The highest BCUT2D eigenvalue weighted by Crippen LogP contribution is 2.19. The molecule has 0 aliphatic rings. The summed E-state index contributed by atoms with van der Waals surface area (Å²) < 4.78 is 5.53. The van der Waals surface area contributed by atoms with Gasteiger partial charge in [0.05, 0.1) is 11.5 Å². The maximum Gasteiger partial charge on any atom is 0.287 e. The van der Waals surface area contributed by atoms with Crippen LogP contribution in [0, 0.1) is 10.1 Å². The average Bonchev–Trinajstić information content (AvgIpc) is 2.47. The van der Waals surface area contributed by atoms with Gasteiger partial charge in [-0.05, 0) is 19.1 Å². The maximum absolute atomic E-state index is 10.5. The molecule has 1 heterocycles. The average molecular weight is 273 g/mol. The largest absolute Gasteiger partial charge is 0.494 e. The van der Waals surface area contributed by atoms with Crippen LogP contribution in [0.4, 0.5) is 11.5 Å². The van der Waals surface area contributed by atoms with Crippen molar-refractivity contribution in [3.8, 4) is 5.75 Å². The third-order valence-electron chi connectivity index (χ3n) is 2.69. The number of hydrogen-bond acceptors (Lipinski definition) is 5. The molecule has 0 bridgehead atoms. The zero-order valence-electron chi connectivity index (χ0n) is 11.1. The Morgan fingerprint density at radius 2 is 2.10 bits per heavy atom. The van der Waals surface area contributed by atoms with E-state index in [0.29, 0.717) is 19.0 Å². The molecule has 0 saturated heterocycles. The second-order valence-electron chi connectivity index (χ2n) is 4.05. The Kier molecular flexibility index (Phi) is 4.49. The fourth-order valence-corrected chi connectivity index (χ4v) is 1.73. The Bertz CT molecular complexity index is 584. The van der Waals surface area contributed by atoms with Gasteiger partial charge in [0.15, 0.2) is 0 Å². The number of nitrogens with one attached hydrogen (secondary N) is 1. The van der Waals surface area contributed by atoms with E-state index >= 15 is 0 Å². The van der Waals surface area contributed by atoms with Crippen LogP contribution < -0.4 is 10.1 Å². The smallest absolute Gasteiger partial charge is 0.287 e. The third-order valence-corrected chi connectivity index (χ3v) is 2.69. The van der Waals surface area contributed by atoms with Crippen molar-refractivity contribution in [1.29, 1.82) is 0 Å². The number of nitro groups is 1. The summed E-state index contributed by atoms with van der Waals surface area (Å²) in [5.41, 5.74) is 0.986. The molecule has 6 heteroatoms. The molecule has 0 aliphatic heterocycles. The van der Waals surface area contributed by atoms with E-state index in [1.54, 1.807) is 6.07 Å². The molecule has 1 aromatic heterocycles. The van der Waals surface area contributed by atoms with Crippen LogP contribution in [0.5, 0.6) is 5.75 Å². The van der Waals surface area contributed by atoms with Gasteiger partial charge in [0.25, 0.3) is 5.69 Å². The second-order valence-corrected chi connectivity index (χ2v) is 4.05. The zero-order chi connectivity index (χ0) is 14.4. The lowest BCUT2D eigenvalue weighted by molar-refractivity contribution is -0.385. The van der Waals surface area contributed by atoms with Crippen molar-refractivity contribution in [2.24, 2.45) is 0 Å². The third kappa shape index (κ3) is 3.44. The first kappa shape index (κ1) is 13.8. The van der Waals surface area contributed by atoms with Crippen molar-refractivity contribution in [2.75, 3.05) is 11.9 Å². The minimum absolute atomic E-state index is 0.0229. The summed E-state index contributed by atoms with van der Waals surface area (Å²) >= 11 is 0. The highest BCUT2D eigenvalue weighted by molar-refractivity contribution is 5.42. The fraction of sp³-hybridized carbons (Fsp3) is 0.214. The Hall–Kier alpha value is -2.63. The molecule has 0 fully saturated rings. The molecule has 0 aliphatic carbocycles. The predicted octanol–water partition coefficient (Wildman–Crippen LogP) is 3.00. The zero-order valence-corrected chi connectivity index (χ0v) is 11.1. The van der Waals surface area contributed by atoms with E-state index in [1.165, 1.54) is 12.3 Å². The topological polar surface area (TPSA) is 77.3 Å². The first-order valence-corrected chi connectivity index (χ1v) is 6.25. The predicted molar refractivity (Wildman–Crippen MR) is 75.8 cm³/mol. The standard InChI is InChI=1S/C14H15N3O3/c1-2-20-13-6-4-3-5-11(13)9-15-14-8-7-12(10-16-14)17(18)19/h3-8,10H,2,9H2,1H3,(H,15,16). The summed E-state index contributed by atoms with van der Waals surface area (Å²) in [7, 11) is 0.